The van der Waals surface area contributed by atoms with Crippen LogP contribution in [-0.2, 0) is 9.53 Å². The highest BCUT2D eigenvalue weighted by atomic mass is 16.6. The molecule has 2 saturated heterocycles. The highest BCUT2D eigenvalue weighted by Gasteiger charge is 2.52. The molecule has 3 heterocycles. The number of carbonyl (C=O) groups excluding carboxylic acids is 1. The number of esters is 1. The van der Waals surface area contributed by atoms with E-state index in [4.69, 9.17) is 4.74 Å². The van der Waals surface area contributed by atoms with Crippen LogP contribution in [0.1, 0.15) is 39.5 Å². The van der Waals surface area contributed by atoms with Crippen LogP contribution in [0.3, 0.4) is 0 Å². The molecule has 2 aliphatic carbocycles. The van der Waals surface area contributed by atoms with Gasteiger partial charge in [0.25, 0.3) is 0 Å². The number of nitrogens with zero attached hydrogens (tertiary/aromatic N) is 4. The Labute approximate surface area is 173 Å². The summed E-state index contributed by atoms with van der Waals surface area (Å²) < 4.78 is 5.92. The quantitative estimate of drug-likeness (QED) is 0.578. The lowest BCUT2D eigenvalue weighted by molar-refractivity contribution is -0.145. The second kappa shape index (κ2) is 7.38. The van der Waals surface area contributed by atoms with Crippen molar-refractivity contribution in [2.75, 3.05) is 37.6 Å². The summed E-state index contributed by atoms with van der Waals surface area (Å²) in [6.07, 6.45) is 10.9. The van der Waals surface area contributed by atoms with Crippen LogP contribution in [0.2, 0.25) is 0 Å². The summed E-state index contributed by atoms with van der Waals surface area (Å²) in [4.78, 5) is 26.2. The average Bonchev–Trinajstić information content (AvgIpc) is 3.01. The molecule has 1 saturated carbocycles. The number of carbonyl (C=O) groups is 1. The number of hydrogen-bond donors (Lipinski definition) is 0. The summed E-state index contributed by atoms with van der Waals surface area (Å²) in [5.41, 5.74) is 1.83. The van der Waals surface area contributed by atoms with Gasteiger partial charge >= 0.3 is 5.97 Å². The third-order valence-corrected chi connectivity index (χ3v) is 7.74. The topological polar surface area (TPSA) is 58.6 Å². The molecular weight excluding hydrogens is 364 g/mol. The zero-order valence-corrected chi connectivity index (χ0v) is 17.6. The molecule has 29 heavy (non-hydrogen) atoms. The Bertz CT molecular complexity index is 789. The van der Waals surface area contributed by atoms with E-state index >= 15 is 0 Å². The van der Waals surface area contributed by atoms with E-state index in [0.29, 0.717) is 5.92 Å². The molecule has 0 bridgehead atoms. The van der Waals surface area contributed by atoms with Crippen molar-refractivity contribution in [3.63, 3.8) is 0 Å². The molecule has 0 amide bonds. The number of anilines is 1. The number of fused-ring (bicyclic) bond motifs is 2. The SMILES string of the molecule is C[C@@H]1CCC[C@@]2(C)C[C@H]3OC(=O)[C@@H](CN4CCN(c5ncccn5)CC4)[C@@H]3C=C12. The summed E-state index contributed by atoms with van der Waals surface area (Å²) in [5.74, 6) is 1.68. The van der Waals surface area contributed by atoms with Gasteiger partial charge in [0.2, 0.25) is 5.95 Å². The van der Waals surface area contributed by atoms with Crippen molar-refractivity contribution in [3.8, 4) is 0 Å². The summed E-state index contributed by atoms with van der Waals surface area (Å²) >= 11 is 0. The Kier molecular flexibility index (Phi) is 4.85. The van der Waals surface area contributed by atoms with Crippen molar-refractivity contribution in [3.05, 3.63) is 30.1 Å². The number of hydrogen-bond acceptors (Lipinski definition) is 6. The van der Waals surface area contributed by atoms with E-state index in [1.807, 2.05) is 6.07 Å². The van der Waals surface area contributed by atoms with Gasteiger partial charge in [-0.25, -0.2) is 9.97 Å². The van der Waals surface area contributed by atoms with Crippen molar-refractivity contribution in [2.24, 2.45) is 23.2 Å². The van der Waals surface area contributed by atoms with Gasteiger partial charge in [0.05, 0.1) is 5.92 Å². The third kappa shape index (κ3) is 3.45. The lowest BCUT2D eigenvalue weighted by atomic mass is 9.59. The van der Waals surface area contributed by atoms with Crippen LogP contribution < -0.4 is 4.90 Å². The summed E-state index contributed by atoms with van der Waals surface area (Å²) in [7, 11) is 0. The van der Waals surface area contributed by atoms with Crippen molar-refractivity contribution in [1.82, 2.24) is 14.9 Å². The van der Waals surface area contributed by atoms with E-state index in [2.05, 4.69) is 39.7 Å². The van der Waals surface area contributed by atoms with Crippen LogP contribution in [0.15, 0.2) is 30.1 Å². The predicted octanol–water partition coefficient (Wildman–Crippen LogP) is 2.91. The number of ether oxygens (including phenoxy) is 1. The van der Waals surface area contributed by atoms with Crippen LogP contribution >= 0.6 is 0 Å². The lowest BCUT2D eigenvalue weighted by Crippen LogP contribution is -2.49. The monoisotopic (exact) mass is 396 g/mol. The van der Waals surface area contributed by atoms with Crippen molar-refractivity contribution in [1.29, 1.82) is 0 Å². The minimum Gasteiger partial charge on any atom is -0.461 e. The van der Waals surface area contributed by atoms with Crippen molar-refractivity contribution < 1.29 is 9.53 Å². The van der Waals surface area contributed by atoms with E-state index < -0.39 is 0 Å². The zero-order chi connectivity index (χ0) is 20.0. The van der Waals surface area contributed by atoms with Gasteiger partial charge in [0, 0.05) is 51.0 Å². The average molecular weight is 397 g/mol. The molecular formula is C23H32N4O2. The Morgan fingerprint density at radius 2 is 1.97 bits per heavy atom. The molecule has 5 atom stereocenters. The van der Waals surface area contributed by atoms with E-state index in [-0.39, 0.29) is 29.3 Å². The third-order valence-electron chi connectivity index (χ3n) is 7.74. The minimum atomic E-state index is -0.0225. The fourth-order valence-corrected chi connectivity index (χ4v) is 6.12. The Hall–Kier alpha value is -1.95. The van der Waals surface area contributed by atoms with Crippen LogP contribution in [0, 0.1) is 23.2 Å². The van der Waals surface area contributed by atoms with Gasteiger partial charge in [-0.05, 0) is 36.7 Å². The van der Waals surface area contributed by atoms with Gasteiger partial charge in [0.15, 0.2) is 0 Å². The molecule has 5 rings (SSSR count). The molecule has 0 N–H and O–H groups in total. The largest absolute Gasteiger partial charge is 0.461 e. The highest BCUT2D eigenvalue weighted by Crippen LogP contribution is 2.54. The van der Waals surface area contributed by atoms with E-state index in [1.165, 1.54) is 19.3 Å². The standard InChI is InChI=1S/C23H32N4O2/c1-16-5-3-6-23(2)14-20-17(13-19(16)23)18(21(28)29-20)15-26-9-11-27(12-10-26)22-24-7-4-8-25-22/h4,7-8,13,16-18,20H,3,5-6,9-12,14-15H2,1-2H3/t16-,17+,18+,20-,23+/m1/s1. The number of piperazine rings is 1. The minimum absolute atomic E-state index is 0.0144. The summed E-state index contributed by atoms with van der Waals surface area (Å²) in [6, 6.07) is 1.85. The normalized spacial score (nSPS) is 37.5. The van der Waals surface area contributed by atoms with Gasteiger partial charge in [-0.2, -0.15) is 0 Å². The zero-order valence-electron chi connectivity index (χ0n) is 17.6. The first-order valence-corrected chi connectivity index (χ1v) is 11.2. The Morgan fingerprint density at radius 1 is 1.21 bits per heavy atom. The molecule has 0 radical (unpaired) electrons. The molecule has 0 spiro atoms. The maximum atomic E-state index is 12.8. The fraction of sp³-hybridized carbons (Fsp3) is 0.696. The van der Waals surface area contributed by atoms with Crippen molar-refractivity contribution in [2.45, 2.75) is 45.6 Å². The molecule has 6 heteroatoms. The Morgan fingerprint density at radius 3 is 2.72 bits per heavy atom. The molecule has 0 aromatic carbocycles. The summed E-state index contributed by atoms with van der Waals surface area (Å²) in [6.45, 7) is 9.22. The van der Waals surface area contributed by atoms with Crippen molar-refractivity contribution >= 4 is 11.9 Å². The van der Waals surface area contributed by atoms with Crippen LogP contribution in [0.5, 0.6) is 0 Å². The molecule has 1 aromatic heterocycles. The predicted molar refractivity (Wildman–Crippen MR) is 111 cm³/mol. The first-order chi connectivity index (χ1) is 14.0. The van der Waals surface area contributed by atoms with Gasteiger partial charge in [-0.1, -0.05) is 31.9 Å². The first kappa shape index (κ1) is 19.0. The number of rotatable bonds is 3. The number of allylic oxidation sites excluding steroid dienone is 1. The van der Waals surface area contributed by atoms with Crippen LogP contribution in [-0.4, -0.2) is 59.7 Å². The highest BCUT2D eigenvalue weighted by molar-refractivity contribution is 5.76. The first-order valence-electron chi connectivity index (χ1n) is 11.2. The Balaban J connectivity index is 1.27. The maximum Gasteiger partial charge on any atom is 0.311 e. The molecule has 3 fully saturated rings. The molecule has 1 aromatic rings. The van der Waals surface area contributed by atoms with E-state index in [1.54, 1.807) is 18.0 Å². The number of aromatic nitrogens is 2. The van der Waals surface area contributed by atoms with E-state index in [0.717, 1.165) is 45.1 Å². The maximum absolute atomic E-state index is 12.8. The molecule has 156 valence electrons. The smallest absolute Gasteiger partial charge is 0.311 e. The molecule has 6 nitrogen and oxygen atoms in total. The second-order valence-corrected chi connectivity index (χ2v) is 9.68. The van der Waals surface area contributed by atoms with Gasteiger partial charge in [-0.3, -0.25) is 9.69 Å². The molecule has 2 aliphatic heterocycles. The molecule has 0 unspecified atom stereocenters. The van der Waals surface area contributed by atoms with Gasteiger partial charge < -0.3 is 9.64 Å². The van der Waals surface area contributed by atoms with Gasteiger partial charge in [0.1, 0.15) is 6.10 Å². The fourth-order valence-electron chi connectivity index (χ4n) is 6.12. The van der Waals surface area contributed by atoms with Gasteiger partial charge in [-0.15, -0.1) is 0 Å². The lowest BCUT2D eigenvalue weighted by Gasteiger charge is -2.46. The second-order valence-electron chi connectivity index (χ2n) is 9.68. The van der Waals surface area contributed by atoms with Crippen LogP contribution in [0.4, 0.5) is 5.95 Å². The summed E-state index contributed by atoms with van der Waals surface area (Å²) in [5, 5.41) is 0. The molecule has 4 aliphatic rings. The van der Waals surface area contributed by atoms with E-state index in [9.17, 15) is 4.79 Å². The van der Waals surface area contributed by atoms with Crippen LogP contribution in [0.25, 0.3) is 0 Å².